The summed E-state index contributed by atoms with van der Waals surface area (Å²) in [7, 11) is 0. The van der Waals surface area contributed by atoms with E-state index in [1.807, 2.05) is 38.1 Å². The number of benzene rings is 1. The zero-order chi connectivity index (χ0) is 13.3. The largest absolute Gasteiger partial charge is 0.251 e. The summed E-state index contributed by atoms with van der Waals surface area (Å²) >= 11 is 18.4. The molecule has 94 valence electrons. The van der Waals surface area contributed by atoms with E-state index in [1.165, 1.54) is 0 Å². The van der Waals surface area contributed by atoms with Gasteiger partial charge in [0.15, 0.2) is 0 Å². The van der Waals surface area contributed by atoms with Gasteiger partial charge in [0, 0.05) is 16.1 Å². The second-order valence-corrected chi connectivity index (χ2v) is 5.50. The van der Waals surface area contributed by atoms with Crippen LogP contribution in [0.5, 0.6) is 0 Å². The van der Waals surface area contributed by atoms with Crippen LogP contribution < -0.4 is 0 Å². The summed E-state index contributed by atoms with van der Waals surface area (Å²) in [5.41, 5.74) is 2.62. The second-order valence-electron chi connectivity index (χ2n) is 4.12. The molecule has 4 heteroatoms. The van der Waals surface area contributed by atoms with Crippen molar-refractivity contribution in [3.05, 3.63) is 50.6 Å². The molecule has 0 bridgehead atoms. The van der Waals surface area contributed by atoms with Crippen LogP contribution in [-0.2, 0) is 6.42 Å². The molecule has 0 aliphatic rings. The van der Waals surface area contributed by atoms with E-state index in [0.717, 1.165) is 27.2 Å². The summed E-state index contributed by atoms with van der Waals surface area (Å²) in [5.74, 6) is 0. The Morgan fingerprint density at radius 2 is 2.06 bits per heavy atom. The Hall–Kier alpha value is -0.760. The Bertz CT molecular complexity index is 628. The van der Waals surface area contributed by atoms with Gasteiger partial charge in [-0.05, 0) is 31.9 Å². The summed E-state index contributed by atoms with van der Waals surface area (Å²) in [6, 6.07) is 5.62. The highest BCUT2D eigenvalue weighted by Gasteiger charge is 2.11. The van der Waals surface area contributed by atoms with Crippen LogP contribution >= 0.6 is 34.8 Å². The van der Waals surface area contributed by atoms with E-state index in [0.29, 0.717) is 16.5 Å². The molecule has 0 N–H and O–H groups in total. The fourth-order valence-corrected chi connectivity index (χ4v) is 2.50. The van der Waals surface area contributed by atoms with Gasteiger partial charge in [0.05, 0.1) is 15.6 Å². The lowest BCUT2D eigenvalue weighted by molar-refractivity contribution is 1.13. The number of nitrogens with zero attached hydrogens (tertiary/aromatic N) is 1. The van der Waals surface area contributed by atoms with Crippen LogP contribution in [0.4, 0.5) is 0 Å². The van der Waals surface area contributed by atoms with Crippen LogP contribution in [0, 0.1) is 6.92 Å². The molecule has 0 spiro atoms. The molecule has 0 saturated carbocycles. The van der Waals surface area contributed by atoms with Crippen molar-refractivity contribution in [2.45, 2.75) is 20.3 Å². The van der Waals surface area contributed by atoms with Gasteiger partial charge in [-0.1, -0.05) is 53.0 Å². The molecule has 0 aliphatic heterocycles. The van der Waals surface area contributed by atoms with E-state index >= 15 is 0 Å². The van der Waals surface area contributed by atoms with Crippen molar-refractivity contribution in [3.8, 4) is 0 Å². The zero-order valence-corrected chi connectivity index (χ0v) is 12.4. The van der Waals surface area contributed by atoms with Gasteiger partial charge in [0.2, 0.25) is 0 Å². The third-order valence-electron chi connectivity index (χ3n) is 2.79. The predicted molar refractivity (Wildman–Crippen MR) is 79.8 cm³/mol. The SMILES string of the molecule is C/C(Cl)=C/Cc1c(C)nc2c(Cl)cccc2c1Cl. The molecule has 2 aromatic rings. The van der Waals surface area contributed by atoms with Crippen LogP contribution in [0.25, 0.3) is 10.9 Å². The minimum Gasteiger partial charge on any atom is -0.251 e. The van der Waals surface area contributed by atoms with E-state index in [2.05, 4.69) is 4.98 Å². The van der Waals surface area contributed by atoms with E-state index < -0.39 is 0 Å². The van der Waals surface area contributed by atoms with E-state index in [9.17, 15) is 0 Å². The van der Waals surface area contributed by atoms with Crippen molar-refractivity contribution in [3.63, 3.8) is 0 Å². The van der Waals surface area contributed by atoms with Gasteiger partial charge >= 0.3 is 0 Å². The highest BCUT2D eigenvalue weighted by atomic mass is 35.5. The van der Waals surface area contributed by atoms with Gasteiger partial charge < -0.3 is 0 Å². The molecule has 1 aromatic carbocycles. The van der Waals surface area contributed by atoms with Gasteiger partial charge in [0.25, 0.3) is 0 Å². The smallest absolute Gasteiger partial charge is 0.0906 e. The lowest BCUT2D eigenvalue weighted by Crippen LogP contribution is -1.95. The highest BCUT2D eigenvalue weighted by molar-refractivity contribution is 6.39. The molecule has 0 fully saturated rings. The van der Waals surface area contributed by atoms with E-state index in [4.69, 9.17) is 34.8 Å². The average Bonchev–Trinajstić information content (AvgIpc) is 2.30. The highest BCUT2D eigenvalue weighted by Crippen LogP contribution is 2.32. The third-order valence-corrected chi connectivity index (χ3v) is 3.68. The minimum absolute atomic E-state index is 0.619. The number of fused-ring (bicyclic) bond motifs is 1. The lowest BCUT2D eigenvalue weighted by Gasteiger charge is -2.10. The van der Waals surface area contributed by atoms with Gasteiger partial charge in [-0.15, -0.1) is 0 Å². The number of para-hydroxylation sites is 1. The summed E-state index contributed by atoms with van der Waals surface area (Å²) in [5, 5.41) is 2.95. The van der Waals surface area contributed by atoms with Crippen LogP contribution in [0.3, 0.4) is 0 Å². The predicted octanol–water partition coefficient (Wildman–Crippen LogP) is 5.54. The molecule has 1 nitrogen and oxygen atoms in total. The quantitative estimate of drug-likeness (QED) is 0.710. The molecule has 1 heterocycles. The maximum absolute atomic E-state index is 6.43. The molecule has 2 rings (SSSR count). The van der Waals surface area contributed by atoms with Crippen molar-refractivity contribution >= 4 is 45.7 Å². The normalized spacial score (nSPS) is 12.2. The van der Waals surface area contributed by atoms with Gasteiger partial charge in [-0.25, -0.2) is 0 Å². The molecule has 0 aliphatic carbocycles. The van der Waals surface area contributed by atoms with E-state index in [1.54, 1.807) is 0 Å². The fraction of sp³-hybridized carbons (Fsp3) is 0.214. The topological polar surface area (TPSA) is 12.9 Å². The minimum atomic E-state index is 0.619. The van der Waals surface area contributed by atoms with Gasteiger partial charge in [-0.2, -0.15) is 0 Å². The fourth-order valence-electron chi connectivity index (χ4n) is 1.84. The average molecular weight is 301 g/mol. The van der Waals surface area contributed by atoms with E-state index in [-0.39, 0.29) is 0 Å². The Balaban J connectivity index is 2.66. The number of hydrogen-bond acceptors (Lipinski definition) is 1. The molecule has 0 amide bonds. The number of allylic oxidation sites excluding steroid dienone is 2. The number of aromatic nitrogens is 1. The first-order valence-electron chi connectivity index (χ1n) is 5.56. The first-order valence-corrected chi connectivity index (χ1v) is 6.69. The lowest BCUT2D eigenvalue weighted by atomic mass is 10.1. The van der Waals surface area contributed by atoms with Crippen molar-refractivity contribution < 1.29 is 0 Å². The Morgan fingerprint density at radius 3 is 2.72 bits per heavy atom. The molecule has 0 atom stereocenters. The molecule has 0 radical (unpaired) electrons. The molecular formula is C14H12Cl3N. The second kappa shape index (κ2) is 5.48. The molecule has 1 aromatic heterocycles. The Morgan fingerprint density at radius 1 is 1.33 bits per heavy atom. The van der Waals surface area contributed by atoms with Crippen LogP contribution in [0.1, 0.15) is 18.2 Å². The molecule has 0 unspecified atom stereocenters. The first kappa shape index (κ1) is 13.7. The van der Waals surface area contributed by atoms with Crippen LogP contribution in [0.15, 0.2) is 29.3 Å². The molecular weight excluding hydrogens is 289 g/mol. The summed E-state index contributed by atoms with van der Waals surface area (Å²) in [6.07, 6.45) is 2.60. The first-order chi connectivity index (χ1) is 8.50. The Kier molecular flexibility index (Phi) is 4.16. The van der Waals surface area contributed by atoms with Gasteiger partial charge in [0.1, 0.15) is 0 Å². The summed E-state index contributed by atoms with van der Waals surface area (Å²) in [6.45, 7) is 3.78. The van der Waals surface area contributed by atoms with Gasteiger partial charge in [-0.3, -0.25) is 4.98 Å². The molecule has 0 saturated heterocycles. The van der Waals surface area contributed by atoms with Crippen LogP contribution in [-0.4, -0.2) is 4.98 Å². The maximum Gasteiger partial charge on any atom is 0.0906 e. The van der Waals surface area contributed by atoms with Crippen molar-refractivity contribution in [1.29, 1.82) is 0 Å². The maximum atomic E-state index is 6.43. The summed E-state index contributed by atoms with van der Waals surface area (Å²) < 4.78 is 0. The number of rotatable bonds is 2. The number of pyridine rings is 1. The standard InChI is InChI=1S/C14H12Cl3N/c1-8(15)6-7-10-9(2)18-14-11(13(10)17)4-3-5-12(14)16/h3-6H,7H2,1-2H3/b8-6-. The number of aryl methyl sites for hydroxylation is 1. The zero-order valence-electron chi connectivity index (χ0n) is 10.1. The Labute approximate surface area is 121 Å². The van der Waals surface area contributed by atoms with Crippen molar-refractivity contribution in [2.75, 3.05) is 0 Å². The number of halogens is 3. The third kappa shape index (κ3) is 2.64. The van der Waals surface area contributed by atoms with Crippen molar-refractivity contribution in [2.24, 2.45) is 0 Å². The summed E-state index contributed by atoms with van der Waals surface area (Å²) in [4.78, 5) is 4.53. The van der Waals surface area contributed by atoms with Crippen LogP contribution in [0.2, 0.25) is 10.0 Å². The monoisotopic (exact) mass is 299 g/mol. The van der Waals surface area contributed by atoms with Crippen molar-refractivity contribution in [1.82, 2.24) is 4.98 Å². The number of hydrogen-bond donors (Lipinski definition) is 0. The molecule has 18 heavy (non-hydrogen) atoms.